The van der Waals surface area contributed by atoms with Gasteiger partial charge in [0, 0.05) is 13.1 Å². The van der Waals surface area contributed by atoms with Crippen molar-refractivity contribution in [3.05, 3.63) is 22.2 Å². The van der Waals surface area contributed by atoms with Gasteiger partial charge in [-0.25, -0.2) is 0 Å². The molecule has 2 aromatic rings. The molecule has 22 heavy (non-hydrogen) atoms. The van der Waals surface area contributed by atoms with Crippen LogP contribution in [-0.2, 0) is 11.4 Å². The molecule has 2 heterocycles. The van der Waals surface area contributed by atoms with E-state index in [1.807, 2.05) is 13.0 Å². The summed E-state index contributed by atoms with van der Waals surface area (Å²) in [6.07, 6.45) is 0.541. The first-order valence-electron chi connectivity index (χ1n) is 7.71. The molecule has 1 aromatic heterocycles. The van der Waals surface area contributed by atoms with Gasteiger partial charge >= 0.3 is 0 Å². The van der Waals surface area contributed by atoms with E-state index >= 15 is 0 Å². The lowest BCUT2D eigenvalue weighted by molar-refractivity contribution is -0.0761. The molecule has 0 amide bonds. The predicted molar refractivity (Wildman–Crippen MR) is 93.4 cm³/mol. The fraction of sp³-hybridized carbons (Fsp3) is 0.562. The van der Waals surface area contributed by atoms with Crippen molar-refractivity contribution in [1.29, 1.82) is 0 Å². The maximum Gasteiger partial charge on any atom is 0.163 e. The van der Waals surface area contributed by atoms with Crippen LogP contribution in [0.3, 0.4) is 0 Å². The topological polar surface area (TPSA) is 26.6 Å². The minimum atomic E-state index is 0.271. The highest BCUT2D eigenvalue weighted by molar-refractivity contribution is 7.73. The van der Waals surface area contributed by atoms with E-state index in [-0.39, 0.29) is 12.2 Å². The molecule has 3 rings (SSSR count). The summed E-state index contributed by atoms with van der Waals surface area (Å²) >= 11 is 7.22. The number of aromatic nitrogens is 1. The fourth-order valence-corrected chi connectivity index (χ4v) is 4.37. The van der Waals surface area contributed by atoms with Gasteiger partial charge in [0.15, 0.2) is 3.95 Å². The number of morpholine rings is 1. The molecule has 1 saturated heterocycles. The van der Waals surface area contributed by atoms with Gasteiger partial charge in [0.2, 0.25) is 0 Å². The van der Waals surface area contributed by atoms with E-state index in [9.17, 15) is 0 Å². The zero-order valence-electron chi connectivity index (χ0n) is 13.2. The Morgan fingerprint density at radius 1 is 1.32 bits per heavy atom. The van der Waals surface area contributed by atoms with E-state index in [0.29, 0.717) is 6.61 Å². The molecule has 2 atom stereocenters. The zero-order chi connectivity index (χ0) is 15.7. The Morgan fingerprint density at radius 3 is 2.73 bits per heavy atom. The van der Waals surface area contributed by atoms with Gasteiger partial charge in [-0.2, -0.15) is 0 Å². The molecular formula is C16H22N2O2S2. The van der Waals surface area contributed by atoms with Gasteiger partial charge in [-0.1, -0.05) is 0 Å². The summed E-state index contributed by atoms with van der Waals surface area (Å²) in [7, 11) is 0. The lowest BCUT2D eigenvalue weighted by Gasteiger charge is -2.35. The molecule has 1 aliphatic heterocycles. The molecule has 1 aromatic carbocycles. The molecule has 4 nitrogen and oxygen atoms in total. The Morgan fingerprint density at radius 2 is 2.05 bits per heavy atom. The second-order valence-corrected chi connectivity index (χ2v) is 7.47. The van der Waals surface area contributed by atoms with Crippen LogP contribution < -0.4 is 4.74 Å². The van der Waals surface area contributed by atoms with Crippen molar-refractivity contribution in [2.45, 2.75) is 39.6 Å². The van der Waals surface area contributed by atoms with Crippen LogP contribution >= 0.6 is 23.6 Å². The van der Waals surface area contributed by atoms with Crippen molar-refractivity contribution >= 4 is 33.8 Å². The minimum Gasteiger partial charge on any atom is -0.494 e. The number of thiazole rings is 1. The highest BCUT2D eigenvalue weighted by Crippen LogP contribution is 2.28. The molecule has 0 spiro atoms. The first kappa shape index (κ1) is 15.9. The van der Waals surface area contributed by atoms with Crippen molar-refractivity contribution in [3.8, 4) is 5.75 Å². The maximum atomic E-state index is 5.81. The molecular weight excluding hydrogens is 316 g/mol. The van der Waals surface area contributed by atoms with Gasteiger partial charge in [-0.05, 0) is 51.2 Å². The third-order valence-corrected chi connectivity index (χ3v) is 5.20. The first-order chi connectivity index (χ1) is 10.6. The van der Waals surface area contributed by atoms with Crippen molar-refractivity contribution in [2.24, 2.45) is 0 Å². The third-order valence-electron chi connectivity index (χ3n) is 3.79. The standard InChI is InChI=1S/C16H22N2O2S2/c1-4-19-13-5-6-14-15(7-13)22-16(21)18(14)10-17-8-11(2)20-12(3)9-17/h5-7,11-12H,4,8-10H2,1-3H3/t11-,12-/m1/s1. The van der Waals surface area contributed by atoms with Gasteiger partial charge in [0.1, 0.15) is 5.75 Å². The van der Waals surface area contributed by atoms with Crippen molar-refractivity contribution in [1.82, 2.24) is 9.47 Å². The van der Waals surface area contributed by atoms with Gasteiger partial charge in [0.05, 0.1) is 35.7 Å². The average Bonchev–Trinajstić information content (AvgIpc) is 2.74. The summed E-state index contributed by atoms with van der Waals surface area (Å²) in [5.41, 5.74) is 1.19. The number of nitrogens with zero attached hydrogens (tertiary/aromatic N) is 2. The lowest BCUT2D eigenvalue weighted by atomic mass is 10.2. The van der Waals surface area contributed by atoms with Gasteiger partial charge in [-0.3, -0.25) is 4.90 Å². The predicted octanol–water partition coefficient (Wildman–Crippen LogP) is 3.90. The summed E-state index contributed by atoms with van der Waals surface area (Å²) in [5, 5.41) is 0. The number of rotatable bonds is 4. The van der Waals surface area contributed by atoms with Crippen LogP contribution in [0.1, 0.15) is 20.8 Å². The van der Waals surface area contributed by atoms with E-state index in [1.165, 1.54) is 10.2 Å². The van der Waals surface area contributed by atoms with Crippen LogP contribution in [0.5, 0.6) is 5.75 Å². The van der Waals surface area contributed by atoms with Crippen LogP contribution in [0, 0.1) is 3.95 Å². The third kappa shape index (κ3) is 3.35. The Bertz CT molecular complexity index is 700. The first-order valence-corrected chi connectivity index (χ1v) is 8.93. The average molecular weight is 338 g/mol. The molecule has 1 fully saturated rings. The summed E-state index contributed by atoms with van der Waals surface area (Å²) < 4.78 is 15.7. The SMILES string of the molecule is CCOc1ccc2c(c1)sc(=S)n2CN1C[C@@H](C)O[C@H](C)C1. The number of hydrogen-bond donors (Lipinski definition) is 0. The fourth-order valence-electron chi connectivity index (χ4n) is 3.04. The molecule has 6 heteroatoms. The van der Waals surface area contributed by atoms with E-state index in [0.717, 1.165) is 29.5 Å². The highest BCUT2D eigenvalue weighted by atomic mass is 32.1. The Labute approximate surface area is 140 Å². The van der Waals surface area contributed by atoms with E-state index in [4.69, 9.17) is 21.7 Å². The largest absolute Gasteiger partial charge is 0.494 e. The van der Waals surface area contributed by atoms with Crippen LogP contribution in [-0.4, -0.2) is 41.4 Å². The van der Waals surface area contributed by atoms with E-state index in [2.05, 4.69) is 35.4 Å². The molecule has 0 N–H and O–H groups in total. The summed E-state index contributed by atoms with van der Waals surface area (Å²) in [6, 6.07) is 6.22. The Balaban J connectivity index is 1.87. The molecule has 0 aliphatic carbocycles. The van der Waals surface area contributed by atoms with E-state index in [1.54, 1.807) is 11.3 Å². The van der Waals surface area contributed by atoms with Crippen LogP contribution in [0.15, 0.2) is 18.2 Å². The molecule has 1 aliphatic rings. The quantitative estimate of drug-likeness (QED) is 0.790. The monoisotopic (exact) mass is 338 g/mol. The number of benzene rings is 1. The van der Waals surface area contributed by atoms with Gasteiger partial charge < -0.3 is 14.0 Å². The molecule has 0 saturated carbocycles. The second-order valence-electron chi connectivity index (χ2n) is 5.79. The number of ether oxygens (including phenoxy) is 2. The van der Waals surface area contributed by atoms with Gasteiger partial charge in [-0.15, -0.1) is 11.3 Å². The highest BCUT2D eigenvalue weighted by Gasteiger charge is 2.22. The molecule has 0 unspecified atom stereocenters. The lowest BCUT2D eigenvalue weighted by Crippen LogP contribution is -2.45. The van der Waals surface area contributed by atoms with Crippen molar-refractivity contribution in [3.63, 3.8) is 0 Å². The minimum absolute atomic E-state index is 0.271. The maximum absolute atomic E-state index is 5.81. The summed E-state index contributed by atoms with van der Waals surface area (Å²) in [6.45, 7) is 9.65. The summed E-state index contributed by atoms with van der Waals surface area (Å²) in [5.74, 6) is 0.909. The summed E-state index contributed by atoms with van der Waals surface area (Å²) in [4.78, 5) is 2.41. The van der Waals surface area contributed by atoms with Crippen LogP contribution in [0.2, 0.25) is 0 Å². The Kier molecular flexibility index (Phi) is 4.82. The smallest absolute Gasteiger partial charge is 0.163 e. The van der Waals surface area contributed by atoms with E-state index < -0.39 is 0 Å². The number of fused-ring (bicyclic) bond motifs is 1. The van der Waals surface area contributed by atoms with Gasteiger partial charge in [0.25, 0.3) is 0 Å². The molecule has 0 radical (unpaired) electrons. The Hall–Kier alpha value is -0.950. The normalized spacial score (nSPS) is 23.0. The molecule has 120 valence electrons. The van der Waals surface area contributed by atoms with Crippen LogP contribution in [0.4, 0.5) is 0 Å². The van der Waals surface area contributed by atoms with Crippen LogP contribution in [0.25, 0.3) is 10.2 Å². The van der Waals surface area contributed by atoms with Crippen molar-refractivity contribution < 1.29 is 9.47 Å². The van der Waals surface area contributed by atoms with Crippen molar-refractivity contribution in [2.75, 3.05) is 19.7 Å². The second kappa shape index (κ2) is 6.66. The molecule has 0 bridgehead atoms. The number of hydrogen-bond acceptors (Lipinski definition) is 5. The zero-order valence-corrected chi connectivity index (χ0v) is 14.9.